The van der Waals surface area contributed by atoms with E-state index in [-0.39, 0.29) is 17.9 Å². The van der Waals surface area contributed by atoms with Crippen molar-refractivity contribution >= 4 is 5.91 Å². The Balaban J connectivity index is 1.69. The van der Waals surface area contributed by atoms with Gasteiger partial charge in [-0.2, -0.15) is 0 Å². The van der Waals surface area contributed by atoms with Crippen LogP contribution in [0.4, 0.5) is 8.78 Å². The van der Waals surface area contributed by atoms with E-state index in [1.807, 2.05) is 0 Å². The van der Waals surface area contributed by atoms with E-state index in [2.05, 4.69) is 4.90 Å². The van der Waals surface area contributed by atoms with Gasteiger partial charge in [0.05, 0.1) is 6.61 Å². The summed E-state index contributed by atoms with van der Waals surface area (Å²) in [6, 6.07) is 4.27. The molecule has 2 fully saturated rings. The van der Waals surface area contributed by atoms with Gasteiger partial charge in [0.2, 0.25) is 5.91 Å². The number of rotatable bonds is 2. The molecule has 2 aliphatic rings. The first-order valence-electron chi connectivity index (χ1n) is 7.46. The summed E-state index contributed by atoms with van der Waals surface area (Å²) in [6.45, 7) is 3.20. The predicted molar refractivity (Wildman–Crippen MR) is 77.1 cm³/mol. The minimum absolute atomic E-state index is 0.00787. The fourth-order valence-electron chi connectivity index (χ4n) is 3.42. The van der Waals surface area contributed by atoms with Crippen LogP contribution in [0.5, 0.6) is 0 Å². The number of likely N-dealkylation sites (tertiary alicyclic amines) is 1. The van der Waals surface area contributed by atoms with Gasteiger partial charge in [0.15, 0.2) is 11.6 Å². The maximum absolute atomic E-state index is 13.8. The van der Waals surface area contributed by atoms with Gasteiger partial charge in [0.25, 0.3) is 0 Å². The highest BCUT2D eigenvalue weighted by Gasteiger charge is 2.41. The van der Waals surface area contributed by atoms with Crippen LogP contribution in [0.3, 0.4) is 0 Å². The third-order valence-corrected chi connectivity index (χ3v) is 4.58. The molecule has 0 aromatic heterocycles. The maximum Gasteiger partial charge on any atom is 0.248 e. The number of likely N-dealkylation sites (N-methyl/N-ethyl adjacent to an activating group) is 1. The first-order chi connectivity index (χ1) is 10.5. The molecule has 1 atom stereocenters. The quantitative estimate of drug-likeness (QED) is 0.833. The van der Waals surface area contributed by atoms with Gasteiger partial charge in [0, 0.05) is 37.7 Å². The van der Waals surface area contributed by atoms with E-state index in [0.29, 0.717) is 25.3 Å². The molecule has 22 heavy (non-hydrogen) atoms. The number of ether oxygens (including phenoxy) is 1. The monoisotopic (exact) mass is 310 g/mol. The number of nitrogens with zero attached hydrogens (tertiary/aromatic N) is 2. The molecule has 0 saturated carbocycles. The molecule has 0 bridgehead atoms. The molecule has 0 aliphatic carbocycles. The molecule has 2 aliphatic heterocycles. The molecule has 6 heteroatoms. The normalized spacial score (nSPS) is 26.7. The number of carbonyl (C=O) groups excluding carboxylic acids is 1. The zero-order valence-corrected chi connectivity index (χ0v) is 12.6. The Labute approximate surface area is 128 Å². The topological polar surface area (TPSA) is 32.8 Å². The average Bonchev–Trinajstić information content (AvgIpc) is 2.80. The minimum atomic E-state index is -0.811. The highest BCUT2D eigenvalue weighted by atomic mass is 19.2. The molecule has 1 aromatic carbocycles. The van der Waals surface area contributed by atoms with E-state index in [0.717, 1.165) is 25.6 Å². The van der Waals surface area contributed by atoms with Gasteiger partial charge >= 0.3 is 0 Å². The number of hydrogen-bond donors (Lipinski definition) is 0. The highest BCUT2D eigenvalue weighted by molar-refractivity contribution is 5.77. The van der Waals surface area contributed by atoms with E-state index in [1.54, 1.807) is 18.0 Å². The molecule has 4 nitrogen and oxygen atoms in total. The van der Waals surface area contributed by atoms with Gasteiger partial charge < -0.3 is 9.64 Å². The molecule has 0 N–H and O–H groups in total. The zero-order chi connectivity index (χ0) is 15.7. The number of halogens is 2. The molecule has 1 spiro atoms. The van der Waals surface area contributed by atoms with Crippen molar-refractivity contribution in [2.24, 2.45) is 5.41 Å². The Morgan fingerprint density at radius 1 is 1.32 bits per heavy atom. The van der Waals surface area contributed by atoms with Gasteiger partial charge in [-0.15, -0.1) is 0 Å². The summed E-state index contributed by atoms with van der Waals surface area (Å²) in [6.07, 6.45) is 0.890. The summed E-state index contributed by atoms with van der Waals surface area (Å²) in [7, 11) is 1.79. The standard InChI is InChI=1S/C16H20F2N2O2/c1-19-9-16(11-22-8-14(19)21)5-6-20(10-16)7-12-3-2-4-13(17)15(12)18/h2-4H,5-11H2,1H3. The van der Waals surface area contributed by atoms with Crippen LogP contribution in [0.1, 0.15) is 12.0 Å². The lowest BCUT2D eigenvalue weighted by Crippen LogP contribution is -2.40. The Kier molecular flexibility index (Phi) is 4.14. The zero-order valence-electron chi connectivity index (χ0n) is 12.6. The molecular weight excluding hydrogens is 290 g/mol. The summed E-state index contributed by atoms with van der Waals surface area (Å²) < 4.78 is 32.6. The van der Waals surface area contributed by atoms with Gasteiger partial charge in [-0.05, 0) is 19.0 Å². The van der Waals surface area contributed by atoms with Crippen molar-refractivity contribution in [3.05, 3.63) is 35.4 Å². The van der Waals surface area contributed by atoms with E-state index in [1.165, 1.54) is 6.07 Å². The third kappa shape index (κ3) is 2.98. The van der Waals surface area contributed by atoms with E-state index in [9.17, 15) is 13.6 Å². The number of carbonyl (C=O) groups is 1. The highest BCUT2D eigenvalue weighted by Crippen LogP contribution is 2.34. The largest absolute Gasteiger partial charge is 0.371 e. The molecule has 2 heterocycles. The molecule has 0 radical (unpaired) electrons. The van der Waals surface area contributed by atoms with Crippen molar-refractivity contribution in [2.45, 2.75) is 13.0 Å². The minimum Gasteiger partial charge on any atom is -0.371 e. The van der Waals surface area contributed by atoms with Crippen molar-refractivity contribution in [1.82, 2.24) is 9.80 Å². The molecule has 3 rings (SSSR count). The van der Waals surface area contributed by atoms with Gasteiger partial charge in [-0.3, -0.25) is 9.69 Å². The second kappa shape index (κ2) is 5.93. The Hall–Kier alpha value is -1.53. The number of benzene rings is 1. The predicted octanol–water partition coefficient (Wildman–Crippen LogP) is 1.65. The molecule has 1 amide bonds. The van der Waals surface area contributed by atoms with Crippen LogP contribution >= 0.6 is 0 Å². The molecule has 120 valence electrons. The molecule has 1 aromatic rings. The van der Waals surface area contributed by atoms with E-state index < -0.39 is 11.6 Å². The van der Waals surface area contributed by atoms with Crippen LogP contribution in [-0.4, -0.2) is 55.6 Å². The second-order valence-corrected chi connectivity index (χ2v) is 6.42. The Morgan fingerprint density at radius 2 is 2.14 bits per heavy atom. The maximum atomic E-state index is 13.8. The Bertz CT molecular complexity index is 581. The van der Waals surface area contributed by atoms with E-state index in [4.69, 9.17) is 4.74 Å². The summed E-state index contributed by atoms with van der Waals surface area (Å²) >= 11 is 0. The summed E-state index contributed by atoms with van der Waals surface area (Å²) in [5.74, 6) is -1.59. The van der Waals surface area contributed by atoms with Crippen LogP contribution < -0.4 is 0 Å². The van der Waals surface area contributed by atoms with Crippen LogP contribution in [0.25, 0.3) is 0 Å². The first-order valence-corrected chi connectivity index (χ1v) is 7.46. The Morgan fingerprint density at radius 3 is 2.95 bits per heavy atom. The van der Waals surface area contributed by atoms with Crippen LogP contribution in [0, 0.1) is 17.0 Å². The number of hydrogen-bond acceptors (Lipinski definition) is 3. The smallest absolute Gasteiger partial charge is 0.248 e. The van der Waals surface area contributed by atoms with E-state index >= 15 is 0 Å². The van der Waals surface area contributed by atoms with Crippen LogP contribution in [0.2, 0.25) is 0 Å². The van der Waals surface area contributed by atoms with Crippen molar-refractivity contribution in [3.8, 4) is 0 Å². The fraction of sp³-hybridized carbons (Fsp3) is 0.562. The lowest BCUT2D eigenvalue weighted by atomic mass is 9.88. The average molecular weight is 310 g/mol. The van der Waals surface area contributed by atoms with Crippen molar-refractivity contribution in [3.63, 3.8) is 0 Å². The lowest BCUT2D eigenvalue weighted by Gasteiger charge is -2.30. The lowest BCUT2D eigenvalue weighted by molar-refractivity contribution is -0.132. The van der Waals surface area contributed by atoms with Gasteiger partial charge in [-0.25, -0.2) is 8.78 Å². The van der Waals surface area contributed by atoms with Gasteiger partial charge in [0.1, 0.15) is 6.61 Å². The SMILES string of the molecule is CN1CC2(CCN(Cc3cccc(F)c3F)C2)COCC1=O. The first kappa shape index (κ1) is 15.4. The summed E-state index contributed by atoms with van der Waals surface area (Å²) in [4.78, 5) is 15.5. The molecule has 2 saturated heterocycles. The summed E-state index contributed by atoms with van der Waals surface area (Å²) in [5, 5.41) is 0. The number of amides is 1. The van der Waals surface area contributed by atoms with Crippen LogP contribution in [-0.2, 0) is 16.1 Å². The third-order valence-electron chi connectivity index (χ3n) is 4.58. The second-order valence-electron chi connectivity index (χ2n) is 6.42. The van der Waals surface area contributed by atoms with Gasteiger partial charge in [-0.1, -0.05) is 12.1 Å². The van der Waals surface area contributed by atoms with Crippen molar-refractivity contribution in [1.29, 1.82) is 0 Å². The summed E-state index contributed by atoms with van der Waals surface area (Å²) in [5.41, 5.74) is 0.265. The van der Waals surface area contributed by atoms with Crippen LogP contribution in [0.15, 0.2) is 18.2 Å². The van der Waals surface area contributed by atoms with Crippen molar-refractivity contribution in [2.75, 3.05) is 39.9 Å². The molecular formula is C16H20F2N2O2. The fourth-order valence-corrected chi connectivity index (χ4v) is 3.42. The van der Waals surface area contributed by atoms with Crippen molar-refractivity contribution < 1.29 is 18.3 Å². The molecule has 1 unspecified atom stereocenters.